The minimum absolute atomic E-state index is 0.0716. The van der Waals surface area contributed by atoms with E-state index in [0.29, 0.717) is 17.9 Å². The quantitative estimate of drug-likeness (QED) is 0.785. The summed E-state index contributed by atoms with van der Waals surface area (Å²) in [7, 11) is 0. The van der Waals surface area contributed by atoms with Crippen molar-refractivity contribution in [3.05, 3.63) is 0 Å². The van der Waals surface area contributed by atoms with E-state index in [-0.39, 0.29) is 12.5 Å². The molecule has 1 fully saturated rings. The lowest BCUT2D eigenvalue weighted by molar-refractivity contribution is -0.138. The molecule has 16 heavy (non-hydrogen) atoms. The Hall–Kier alpha value is -0.570. The van der Waals surface area contributed by atoms with Crippen LogP contribution in [0.25, 0.3) is 0 Å². The lowest BCUT2D eigenvalue weighted by Gasteiger charge is -2.35. The minimum Gasteiger partial charge on any atom is -0.481 e. The van der Waals surface area contributed by atoms with Gasteiger partial charge in [-0.05, 0) is 44.4 Å². The van der Waals surface area contributed by atoms with E-state index in [9.17, 15) is 4.79 Å². The summed E-state index contributed by atoms with van der Waals surface area (Å²) in [6.45, 7) is 6.58. The highest BCUT2D eigenvalue weighted by Gasteiger charge is 2.28. The van der Waals surface area contributed by atoms with Crippen LogP contribution in [0.3, 0.4) is 0 Å². The van der Waals surface area contributed by atoms with Gasteiger partial charge >= 0.3 is 5.97 Å². The summed E-state index contributed by atoms with van der Waals surface area (Å²) in [6.07, 6.45) is 5.90. The van der Waals surface area contributed by atoms with Crippen LogP contribution in [0.2, 0.25) is 0 Å². The first-order valence-corrected chi connectivity index (χ1v) is 6.26. The predicted molar refractivity (Wildman–Crippen MR) is 63.5 cm³/mol. The van der Waals surface area contributed by atoms with Gasteiger partial charge in [-0.15, -0.1) is 0 Å². The summed E-state index contributed by atoms with van der Waals surface area (Å²) >= 11 is 0. The molecule has 0 aromatic rings. The van der Waals surface area contributed by atoms with Crippen LogP contribution in [-0.4, -0.2) is 23.3 Å². The fraction of sp³-hybridized carbons (Fsp3) is 0.923. The lowest BCUT2D eigenvalue weighted by atomic mass is 9.76. The number of aliphatic carboxylic acids is 1. The number of carboxylic acid groups (broad SMARTS) is 1. The van der Waals surface area contributed by atoms with E-state index in [4.69, 9.17) is 9.84 Å². The molecule has 0 bridgehead atoms. The smallest absolute Gasteiger partial charge is 0.303 e. The van der Waals surface area contributed by atoms with Crippen LogP contribution in [0, 0.1) is 5.41 Å². The highest BCUT2D eigenvalue weighted by molar-refractivity contribution is 5.66. The molecule has 3 nitrogen and oxygen atoms in total. The van der Waals surface area contributed by atoms with Gasteiger partial charge < -0.3 is 9.84 Å². The summed E-state index contributed by atoms with van der Waals surface area (Å²) < 4.78 is 5.87. The molecule has 0 aromatic carbocycles. The molecule has 3 heteroatoms. The molecule has 0 aromatic heterocycles. The van der Waals surface area contributed by atoms with E-state index < -0.39 is 5.97 Å². The zero-order chi connectivity index (χ0) is 12.2. The van der Waals surface area contributed by atoms with Gasteiger partial charge in [-0.3, -0.25) is 4.79 Å². The standard InChI is InChI=1S/C13H24O3/c1-10(4-5-12(14)15)16-11-6-8-13(2,3)9-7-11/h10-11H,4-9H2,1-3H3,(H,14,15). The van der Waals surface area contributed by atoms with Crippen molar-refractivity contribution in [1.82, 2.24) is 0 Å². The van der Waals surface area contributed by atoms with Crippen LogP contribution in [0.4, 0.5) is 0 Å². The van der Waals surface area contributed by atoms with Crippen molar-refractivity contribution in [2.75, 3.05) is 0 Å². The molecule has 1 atom stereocenters. The molecular formula is C13H24O3. The summed E-state index contributed by atoms with van der Waals surface area (Å²) in [5.41, 5.74) is 0.462. The summed E-state index contributed by atoms with van der Waals surface area (Å²) in [4.78, 5) is 10.4. The van der Waals surface area contributed by atoms with Crippen molar-refractivity contribution >= 4 is 5.97 Å². The summed E-state index contributed by atoms with van der Waals surface area (Å²) in [5.74, 6) is -0.736. The molecule has 1 aliphatic rings. The largest absolute Gasteiger partial charge is 0.481 e. The normalized spacial score (nSPS) is 22.9. The molecule has 1 N–H and O–H groups in total. The second kappa shape index (κ2) is 5.67. The third-order valence-corrected chi connectivity index (χ3v) is 3.48. The minimum atomic E-state index is -0.736. The molecule has 1 aliphatic carbocycles. The maximum Gasteiger partial charge on any atom is 0.303 e. The van der Waals surface area contributed by atoms with Crippen LogP contribution in [0.5, 0.6) is 0 Å². The molecule has 1 saturated carbocycles. The Kier molecular flexibility index (Phi) is 4.78. The Labute approximate surface area is 98.2 Å². The predicted octanol–water partition coefficient (Wildman–Crippen LogP) is 3.23. The highest BCUT2D eigenvalue weighted by atomic mass is 16.5. The van der Waals surface area contributed by atoms with Crippen molar-refractivity contribution in [3.8, 4) is 0 Å². The van der Waals surface area contributed by atoms with E-state index in [0.717, 1.165) is 12.8 Å². The van der Waals surface area contributed by atoms with Gasteiger partial charge in [0.05, 0.1) is 12.2 Å². The maximum atomic E-state index is 10.4. The molecule has 0 amide bonds. The van der Waals surface area contributed by atoms with Gasteiger partial charge in [-0.1, -0.05) is 13.8 Å². The average Bonchev–Trinajstić information content (AvgIpc) is 2.18. The van der Waals surface area contributed by atoms with Crippen molar-refractivity contribution in [1.29, 1.82) is 0 Å². The number of rotatable bonds is 5. The van der Waals surface area contributed by atoms with Gasteiger partial charge in [-0.25, -0.2) is 0 Å². The molecule has 1 unspecified atom stereocenters. The number of hydrogen-bond donors (Lipinski definition) is 1. The summed E-state index contributed by atoms with van der Waals surface area (Å²) in [6, 6.07) is 0. The summed E-state index contributed by atoms with van der Waals surface area (Å²) in [5, 5.41) is 8.58. The topological polar surface area (TPSA) is 46.5 Å². The van der Waals surface area contributed by atoms with Crippen molar-refractivity contribution < 1.29 is 14.6 Å². The van der Waals surface area contributed by atoms with E-state index in [1.54, 1.807) is 0 Å². The fourth-order valence-corrected chi connectivity index (χ4v) is 2.23. The first kappa shape index (κ1) is 13.5. The number of hydrogen-bond acceptors (Lipinski definition) is 2. The first-order valence-electron chi connectivity index (χ1n) is 6.26. The van der Waals surface area contributed by atoms with Crippen LogP contribution in [-0.2, 0) is 9.53 Å². The third-order valence-electron chi connectivity index (χ3n) is 3.48. The van der Waals surface area contributed by atoms with Gasteiger partial charge in [0.2, 0.25) is 0 Å². The monoisotopic (exact) mass is 228 g/mol. The first-order chi connectivity index (χ1) is 7.39. The number of carbonyl (C=O) groups is 1. The molecule has 1 rings (SSSR count). The Morgan fingerprint density at radius 1 is 1.44 bits per heavy atom. The maximum absolute atomic E-state index is 10.4. The Balaban J connectivity index is 2.20. The third kappa shape index (κ3) is 4.97. The molecule has 0 aliphatic heterocycles. The molecular weight excluding hydrogens is 204 g/mol. The van der Waals surface area contributed by atoms with E-state index in [1.165, 1.54) is 12.8 Å². The molecule has 0 radical (unpaired) electrons. The zero-order valence-corrected chi connectivity index (χ0v) is 10.7. The van der Waals surface area contributed by atoms with Gasteiger partial charge in [0.25, 0.3) is 0 Å². The van der Waals surface area contributed by atoms with Gasteiger partial charge in [-0.2, -0.15) is 0 Å². The Morgan fingerprint density at radius 2 is 2.00 bits per heavy atom. The second-order valence-electron chi connectivity index (χ2n) is 5.74. The van der Waals surface area contributed by atoms with E-state index >= 15 is 0 Å². The highest BCUT2D eigenvalue weighted by Crippen LogP contribution is 2.36. The van der Waals surface area contributed by atoms with E-state index in [1.807, 2.05) is 6.92 Å². The van der Waals surface area contributed by atoms with Crippen LogP contribution < -0.4 is 0 Å². The van der Waals surface area contributed by atoms with Crippen LogP contribution in [0.1, 0.15) is 59.3 Å². The van der Waals surface area contributed by atoms with Crippen LogP contribution >= 0.6 is 0 Å². The number of carboxylic acids is 1. The zero-order valence-electron chi connectivity index (χ0n) is 10.7. The lowest BCUT2D eigenvalue weighted by Crippen LogP contribution is -2.29. The Morgan fingerprint density at radius 3 is 2.50 bits per heavy atom. The molecule has 0 heterocycles. The fourth-order valence-electron chi connectivity index (χ4n) is 2.23. The SMILES string of the molecule is CC(CCC(=O)O)OC1CCC(C)(C)CC1. The second-order valence-corrected chi connectivity index (χ2v) is 5.74. The average molecular weight is 228 g/mol. The van der Waals surface area contributed by atoms with E-state index in [2.05, 4.69) is 13.8 Å². The Bertz CT molecular complexity index is 225. The van der Waals surface area contributed by atoms with Crippen molar-refractivity contribution in [2.45, 2.75) is 71.5 Å². The molecule has 0 spiro atoms. The van der Waals surface area contributed by atoms with Crippen molar-refractivity contribution in [3.63, 3.8) is 0 Å². The molecule has 94 valence electrons. The van der Waals surface area contributed by atoms with Crippen LogP contribution in [0.15, 0.2) is 0 Å². The molecule has 0 saturated heterocycles. The number of ether oxygens (including phenoxy) is 1. The van der Waals surface area contributed by atoms with Gasteiger partial charge in [0.1, 0.15) is 0 Å². The van der Waals surface area contributed by atoms with Crippen molar-refractivity contribution in [2.24, 2.45) is 5.41 Å². The van der Waals surface area contributed by atoms with Gasteiger partial charge in [0, 0.05) is 6.42 Å². The van der Waals surface area contributed by atoms with Gasteiger partial charge in [0.15, 0.2) is 0 Å².